The smallest absolute Gasteiger partial charge is 0.295 e. The zero-order chi connectivity index (χ0) is 21.1. The first kappa shape index (κ1) is 20.9. The van der Waals surface area contributed by atoms with Crippen molar-refractivity contribution in [3.63, 3.8) is 0 Å². The van der Waals surface area contributed by atoms with E-state index in [1.807, 2.05) is 44.2 Å². The van der Waals surface area contributed by atoms with E-state index in [2.05, 4.69) is 0 Å². The highest BCUT2D eigenvalue weighted by molar-refractivity contribution is 6.46. The average molecular weight is 414 g/mol. The number of Topliss-reactive ketones (excluding diaryl/α,β-unsaturated/α-hetero) is 1. The molecule has 1 atom stereocenters. The molecule has 29 heavy (non-hydrogen) atoms. The Balaban J connectivity index is 2.24. The van der Waals surface area contributed by atoms with Crippen LogP contribution in [0, 0.1) is 6.92 Å². The van der Waals surface area contributed by atoms with Crippen molar-refractivity contribution in [2.45, 2.75) is 32.7 Å². The van der Waals surface area contributed by atoms with Gasteiger partial charge < -0.3 is 14.7 Å². The largest absolute Gasteiger partial charge is 0.507 e. The van der Waals surface area contributed by atoms with Gasteiger partial charge in [-0.2, -0.15) is 0 Å². The molecule has 152 valence electrons. The lowest BCUT2D eigenvalue weighted by Crippen LogP contribution is -2.30. The molecule has 2 aromatic carbocycles. The predicted octanol–water partition coefficient (Wildman–Crippen LogP) is 4.88. The number of carbonyl (C=O) groups is 2. The molecule has 6 heteroatoms. The number of halogens is 1. The third kappa shape index (κ3) is 3.87. The Morgan fingerprint density at radius 1 is 1.21 bits per heavy atom. The van der Waals surface area contributed by atoms with E-state index in [1.165, 1.54) is 12.0 Å². The monoisotopic (exact) mass is 413 g/mol. The van der Waals surface area contributed by atoms with E-state index in [-0.39, 0.29) is 17.1 Å². The molecule has 0 aromatic heterocycles. The molecule has 0 spiro atoms. The summed E-state index contributed by atoms with van der Waals surface area (Å²) >= 11 is 6.28. The number of ketones is 1. The highest BCUT2D eigenvalue weighted by Gasteiger charge is 2.46. The number of rotatable bonds is 6. The second kappa shape index (κ2) is 8.70. The van der Waals surface area contributed by atoms with Gasteiger partial charge in [-0.25, -0.2) is 0 Å². The van der Waals surface area contributed by atoms with Crippen LogP contribution in [-0.4, -0.2) is 35.4 Å². The lowest BCUT2D eigenvalue weighted by Gasteiger charge is -2.25. The minimum atomic E-state index is -0.702. The van der Waals surface area contributed by atoms with E-state index in [4.69, 9.17) is 16.3 Å². The molecule has 1 N–H and O–H groups in total. The zero-order valence-corrected chi connectivity index (χ0v) is 17.5. The average Bonchev–Trinajstić information content (AvgIpc) is 2.96. The van der Waals surface area contributed by atoms with Crippen molar-refractivity contribution in [2.75, 3.05) is 13.7 Å². The fourth-order valence-corrected chi connectivity index (χ4v) is 4.03. The van der Waals surface area contributed by atoms with Crippen LogP contribution in [0.3, 0.4) is 0 Å². The number of likely N-dealkylation sites (tertiary alicyclic amines) is 1. The van der Waals surface area contributed by atoms with Crippen LogP contribution in [-0.2, 0) is 9.59 Å². The van der Waals surface area contributed by atoms with Gasteiger partial charge in [0.25, 0.3) is 11.7 Å². The molecule has 0 saturated carbocycles. The number of methoxy groups -OCH3 is 1. The van der Waals surface area contributed by atoms with E-state index in [9.17, 15) is 14.7 Å². The summed E-state index contributed by atoms with van der Waals surface area (Å²) in [6.07, 6.45) is 1.64. The standard InChI is InChI=1S/C23H24ClNO4/c1-4-5-11-25-19(15-9-7-6-8-10-15)18(21(27)23(25)28)20(26)16-12-14(2)13-17(24)22(16)29-3/h6-10,12-13,19,26H,4-5,11H2,1-3H3/b20-18+. The van der Waals surface area contributed by atoms with Gasteiger partial charge in [0.05, 0.1) is 29.3 Å². The molecule has 1 amide bonds. The summed E-state index contributed by atoms with van der Waals surface area (Å²) in [5.41, 5.74) is 1.92. The van der Waals surface area contributed by atoms with E-state index in [1.54, 1.807) is 12.1 Å². The molecular formula is C23H24ClNO4. The van der Waals surface area contributed by atoms with Gasteiger partial charge in [0.1, 0.15) is 11.5 Å². The molecule has 0 aliphatic carbocycles. The maximum Gasteiger partial charge on any atom is 0.295 e. The highest BCUT2D eigenvalue weighted by Crippen LogP contribution is 2.42. The lowest BCUT2D eigenvalue weighted by atomic mass is 9.94. The molecule has 0 radical (unpaired) electrons. The minimum Gasteiger partial charge on any atom is -0.507 e. The Bertz CT molecular complexity index is 968. The van der Waals surface area contributed by atoms with Crippen molar-refractivity contribution in [1.29, 1.82) is 0 Å². The van der Waals surface area contributed by atoms with Crippen LogP contribution in [0.4, 0.5) is 0 Å². The summed E-state index contributed by atoms with van der Waals surface area (Å²) in [5, 5.41) is 11.5. The lowest BCUT2D eigenvalue weighted by molar-refractivity contribution is -0.139. The fourth-order valence-electron chi connectivity index (χ4n) is 3.68. The van der Waals surface area contributed by atoms with Crippen LogP contribution >= 0.6 is 11.6 Å². The van der Waals surface area contributed by atoms with Crippen LogP contribution in [0.25, 0.3) is 5.76 Å². The minimum absolute atomic E-state index is 0.0530. The number of nitrogens with zero attached hydrogens (tertiary/aromatic N) is 1. The first-order valence-electron chi connectivity index (χ1n) is 9.58. The summed E-state index contributed by atoms with van der Waals surface area (Å²) in [4.78, 5) is 27.3. The molecule has 1 unspecified atom stereocenters. The van der Waals surface area contributed by atoms with Crippen molar-refractivity contribution in [2.24, 2.45) is 0 Å². The topological polar surface area (TPSA) is 66.8 Å². The van der Waals surface area contributed by atoms with Crippen molar-refractivity contribution in [1.82, 2.24) is 4.90 Å². The summed E-state index contributed by atoms with van der Waals surface area (Å²) in [6.45, 7) is 4.29. The number of hydrogen-bond acceptors (Lipinski definition) is 4. The van der Waals surface area contributed by atoms with Gasteiger partial charge >= 0.3 is 0 Å². The maximum atomic E-state index is 13.0. The Morgan fingerprint density at radius 3 is 2.52 bits per heavy atom. The second-order valence-corrected chi connectivity index (χ2v) is 7.49. The second-order valence-electron chi connectivity index (χ2n) is 7.08. The third-order valence-corrected chi connectivity index (χ3v) is 5.34. The van der Waals surface area contributed by atoms with Crippen molar-refractivity contribution < 1.29 is 19.4 Å². The molecule has 3 rings (SSSR count). The van der Waals surface area contributed by atoms with Gasteiger partial charge in [-0.15, -0.1) is 0 Å². The molecule has 2 aromatic rings. The van der Waals surface area contributed by atoms with E-state index in [0.717, 1.165) is 24.0 Å². The van der Waals surface area contributed by atoms with Gasteiger partial charge in [-0.05, 0) is 36.6 Å². The number of carbonyl (C=O) groups excluding carboxylic acids is 2. The molecule has 1 heterocycles. The van der Waals surface area contributed by atoms with Crippen molar-refractivity contribution >= 4 is 29.1 Å². The zero-order valence-electron chi connectivity index (χ0n) is 16.7. The Kier molecular flexibility index (Phi) is 6.28. The van der Waals surface area contributed by atoms with E-state index in [0.29, 0.717) is 17.1 Å². The summed E-state index contributed by atoms with van der Waals surface area (Å²) in [6, 6.07) is 12.0. The normalized spacial score (nSPS) is 18.3. The van der Waals surface area contributed by atoms with Crippen LogP contribution in [0.5, 0.6) is 5.75 Å². The number of benzene rings is 2. The summed E-state index contributed by atoms with van der Waals surface area (Å²) in [7, 11) is 1.45. The van der Waals surface area contributed by atoms with Gasteiger partial charge in [0.2, 0.25) is 0 Å². The fraction of sp³-hybridized carbons (Fsp3) is 0.304. The van der Waals surface area contributed by atoms with Crippen LogP contribution < -0.4 is 4.74 Å². The Labute approximate surface area is 175 Å². The number of ether oxygens (including phenoxy) is 1. The Morgan fingerprint density at radius 2 is 1.90 bits per heavy atom. The Hall–Kier alpha value is -2.79. The SMILES string of the molecule is CCCCN1C(=O)C(=O)/C(=C(/O)c2cc(C)cc(Cl)c2OC)C1c1ccccc1. The van der Waals surface area contributed by atoms with Gasteiger partial charge in [0, 0.05) is 6.54 Å². The van der Waals surface area contributed by atoms with Crippen LogP contribution in [0.1, 0.15) is 42.5 Å². The van der Waals surface area contributed by atoms with Crippen LogP contribution in [0.15, 0.2) is 48.0 Å². The molecule has 1 saturated heterocycles. The first-order valence-corrected chi connectivity index (χ1v) is 9.96. The number of hydrogen-bond donors (Lipinski definition) is 1. The molecule has 0 bridgehead atoms. The van der Waals surface area contributed by atoms with Crippen molar-refractivity contribution in [3.05, 3.63) is 69.8 Å². The van der Waals surface area contributed by atoms with E-state index >= 15 is 0 Å². The van der Waals surface area contributed by atoms with E-state index < -0.39 is 17.7 Å². The number of aryl methyl sites for hydroxylation is 1. The predicted molar refractivity (Wildman–Crippen MR) is 113 cm³/mol. The summed E-state index contributed by atoms with van der Waals surface area (Å²) in [5.74, 6) is -1.32. The maximum absolute atomic E-state index is 13.0. The molecule has 1 aliphatic rings. The highest BCUT2D eigenvalue weighted by atomic mass is 35.5. The molecule has 5 nitrogen and oxygen atoms in total. The number of unbranched alkanes of at least 4 members (excludes halogenated alkanes) is 1. The number of aliphatic hydroxyl groups is 1. The molecular weight excluding hydrogens is 390 g/mol. The van der Waals surface area contributed by atoms with Crippen molar-refractivity contribution in [3.8, 4) is 5.75 Å². The van der Waals surface area contributed by atoms with Crippen LogP contribution in [0.2, 0.25) is 5.02 Å². The van der Waals surface area contributed by atoms with Gasteiger partial charge in [0.15, 0.2) is 0 Å². The quantitative estimate of drug-likeness (QED) is 0.416. The molecule has 1 fully saturated rings. The molecule has 1 aliphatic heterocycles. The first-order chi connectivity index (χ1) is 13.9. The third-order valence-electron chi connectivity index (χ3n) is 5.06. The van der Waals surface area contributed by atoms with Gasteiger partial charge in [-0.3, -0.25) is 9.59 Å². The summed E-state index contributed by atoms with van der Waals surface area (Å²) < 4.78 is 5.37. The number of aliphatic hydroxyl groups excluding tert-OH is 1. The number of amides is 1. The van der Waals surface area contributed by atoms with Gasteiger partial charge in [-0.1, -0.05) is 55.3 Å².